The van der Waals surface area contributed by atoms with Crippen LogP contribution in [0.25, 0.3) is 10.8 Å². The summed E-state index contributed by atoms with van der Waals surface area (Å²) in [6.07, 6.45) is 3.52. The van der Waals surface area contributed by atoms with Gasteiger partial charge in [-0.25, -0.2) is 4.98 Å². The van der Waals surface area contributed by atoms with E-state index in [2.05, 4.69) is 48.0 Å². The summed E-state index contributed by atoms with van der Waals surface area (Å²) in [5.74, 6) is 0.000746. The van der Waals surface area contributed by atoms with E-state index >= 15 is 0 Å². The fourth-order valence-corrected chi connectivity index (χ4v) is 2.63. The zero-order valence-electron chi connectivity index (χ0n) is 10.9. The van der Waals surface area contributed by atoms with Gasteiger partial charge in [0.05, 0.1) is 0 Å². The van der Waals surface area contributed by atoms with E-state index in [1.54, 1.807) is 12.3 Å². The van der Waals surface area contributed by atoms with Crippen molar-refractivity contribution in [2.45, 2.75) is 5.92 Å². The Morgan fingerprint density at radius 1 is 1.15 bits per heavy atom. The number of nitrogens with zero attached hydrogens (tertiary/aromatic N) is 1. The third-order valence-corrected chi connectivity index (χ3v) is 3.70. The van der Waals surface area contributed by atoms with Gasteiger partial charge in [0.25, 0.3) is 0 Å². The second-order valence-corrected chi connectivity index (χ2v) is 4.97. The SMILES string of the molecule is C=CC(c1ccc2ccccc2c1)c1[c]ccnc1Cl. The van der Waals surface area contributed by atoms with Gasteiger partial charge in [-0.3, -0.25) is 0 Å². The predicted molar refractivity (Wildman–Crippen MR) is 84.1 cm³/mol. The highest BCUT2D eigenvalue weighted by atomic mass is 35.5. The van der Waals surface area contributed by atoms with Gasteiger partial charge in [-0.15, -0.1) is 6.58 Å². The van der Waals surface area contributed by atoms with E-state index in [4.69, 9.17) is 11.6 Å². The normalized spacial score (nSPS) is 12.2. The summed E-state index contributed by atoms with van der Waals surface area (Å²) in [6.45, 7) is 3.93. The van der Waals surface area contributed by atoms with Crippen LogP contribution in [0.2, 0.25) is 5.15 Å². The van der Waals surface area contributed by atoms with Crippen molar-refractivity contribution in [1.82, 2.24) is 4.98 Å². The molecule has 0 saturated carbocycles. The molecular formula is C18H13ClN. The summed E-state index contributed by atoms with van der Waals surface area (Å²) in [5, 5.41) is 2.91. The third-order valence-electron chi connectivity index (χ3n) is 3.40. The minimum Gasteiger partial charge on any atom is -0.244 e. The molecule has 1 unspecified atom stereocenters. The lowest BCUT2D eigenvalue weighted by atomic mass is 9.91. The Morgan fingerprint density at radius 3 is 2.70 bits per heavy atom. The molecule has 97 valence electrons. The zero-order valence-corrected chi connectivity index (χ0v) is 11.6. The van der Waals surface area contributed by atoms with E-state index in [-0.39, 0.29) is 5.92 Å². The maximum atomic E-state index is 6.18. The number of hydrogen-bond donors (Lipinski definition) is 0. The highest BCUT2D eigenvalue weighted by Crippen LogP contribution is 2.31. The minimum absolute atomic E-state index is 0.000746. The van der Waals surface area contributed by atoms with Crippen LogP contribution in [-0.2, 0) is 0 Å². The summed E-state index contributed by atoms with van der Waals surface area (Å²) in [6, 6.07) is 19.6. The minimum atomic E-state index is 0.000746. The quantitative estimate of drug-likeness (QED) is 0.485. The molecule has 2 heteroatoms. The molecular weight excluding hydrogens is 266 g/mol. The monoisotopic (exact) mass is 278 g/mol. The lowest BCUT2D eigenvalue weighted by molar-refractivity contribution is 1.01. The molecule has 0 aliphatic carbocycles. The molecule has 0 bridgehead atoms. The molecule has 20 heavy (non-hydrogen) atoms. The molecule has 0 spiro atoms. The van der Waals surface area contributed by atoms with Crippen LogP contribution in [0.4, 0.5) is 0 Å². The lowest BCUT2D eigenvalue weighted by Crippen LogP contribution is -1.99. The van der Waals surface area contributed by atoms with Gasteiger partial charge in [-0.05, 0) is 28.5 Å². The molecule has 1 heterocycles. The molecule has 0 aliphatic heterocycles. The first-order chi connectivity index (χ1) is 9.79. The summed E-state index contributed by atoms with van der Waals surface area (Å²) < 4.78 is 0. The highest BCUT2D eigenvalue weighted by Gasteiger charge is 2.14. The van der Waals surface area contributed by atoms with Crippen molar-refractivity contribution in [3.63, 3.8) is 0 Å². The number of benzene rings is 2. The second-order valence-electron chi connectivity index (χ2n) is 4.61. The molecule has 1 nitrogen and oxygen atoms in total. The molecule has 0 fully saturated rings. The Morgan fingerprint density at radius 2 is 1.95 bits per heavy atom. The van der Waals surface area contributed by atoms with Crippen LogP contribution >= 0.6 is 11.6 Å². The van der Waals surface area contributed by atoms with Gasteiger partial charge in [0, 0.05) is 17.7 Å². The number of allylic oxidation sites excluding steroid dienone is 1. The number of hydrogen-bond acceptors (Lipinski definition) is 1. The molecule has 1 radical (unpaired) electrons. The molecule has 0 N–H and O–H groups in total. The molecule has 1 atom stereocenters. The van der Waals surface area contributed by atoms with Crippen molar-refractivity contribution in [2.75, 3.05) is 0 Å². The van der Waals surface area contributed by atoms with Gasteiger partial charge >= 0.3 is 0 Å². The fourth-order valence-electron chi connectivity index (χ4n) is 2.40. The van der Waals surface area contributed by atoms with Crippen LogP contribution in [0.5, 0.6) is 0 Å². The predicted octanol–water partition coefficient (Wildman–Crippen LogP) is 5.01. The Kier molecular flexibility index (Phi) is 3.53. The number of fused-ring (bicyclic) bond motifs is 1. The van der Waals surface area contributed by atoms with Crippen LogP contribution in [-0.4, -0.2) is 4.98 Å². The van der Waals surface area contributed by atoms with Crippen molar-refractivity contribution < 1.29 is 0 Å². The maximum absolute atomic E-state index is 6.18. The van der Waals surface area contributed by atoms with Crippen LogP contribution in [0.1, 0.15) is 17.0 Å². The van der Waals surface area contributed by atoms with Gasteiger partial charge in [0.15, 0.2) is 0 Å². The molecule has 0 saturated heterocycles. The first-order valence-corrected chi connectivity index (χ1v) is 6.81. The Balaban J connectivity index is 2.12. The summed E-state index contributed by atoms with van der Waals surface area (Å²) >= 11 is 6.18. The van der Waals surface area contributed by atoms with Crippen LogP contribution in [0, 0.1) is 6.07 Å². The lowest BCUT2D eigenvalue weighted by Gasteiger charge is -2.15. The molecule has 1 aromatic heterocycles. The molecule has 0 aliphatic rings. The molecule has 2 aromatic carbocycles. The van der Waals surface area contributed by atoms with Crippen LogP contribution in [0.15, 0.2) is 67.4 Å². The van der Waals surface area contributed by atoms with E-state index in [0.717, 1.165) is 11.1 Å². The van der Waals surface area contributed by atoms with E-state index in [0.29, 0.717) is 5.15 Å². The van der Waals surface area contributed by atoms with Gasteiger partial charge in [0.2, 0.25) is 0 Å². The van der Waals surface area contributed by atoms with E-state index < -0.39 is 0 Å². The number of rotatable bonds is 3. The van der Waals surface area contributed by atoms with Crippen molar-refractivity contribution in [2.24, 2.45) is 0 Å². The summed E-state index contributed by atoms with van der Waals surface area (Å²) in [5.41, 5.74) is 2.00. The largest absolute Gasteiger partial charge is 0.244 e. The van der Waals surface area contributed by atoms with Crippen molar-refractivity contribution >= 4 is 22.4 Å². The van der Waals surface area contributed by atoms with E-state index in [9.17, 15) is 0 Å². The second kappa shape index (κ2) is 5.48. The van der Waals surface area contributed by atoms with Crippen molar-refractivity contribution in [3.8, 4) is 0 Å². The van der Waals surface area contributed by atoms with Gasteiger partial charge in [-0.2, -0.15) is 0 Å². The van der Waals surface area contributed by atoms with Crippen LogP contribution < -0.4 is 0 Å². The van der Waals surface area contributed by atoms with Gasteiger partial charge in [-0.1, -0.05) is 60.1 Å². The number of pyridine rings is 1. The maximum Gasteiger partial charge on any atom is 0.133 e. The fraction of sp³-hybridized carbons (Fsp3) is 0.0556. The Labute approximate surface area is 123 Å². The molecule has 3 rings (SSSR count). The smallest absolute Gasteiger partial charge is 0.133 e. The van der Waals surface area contributed by atoms with E-state index in [1.165, 1.54) is 10.8 Å². The first kappa shape index (κ1) is 12.9. The Bertz CT molecular complexity index is 764. The zero-order chi connectivity index (χ0) is 13.9. The first-order valence-electron chi connectivity index (χ1n) is 6.43. The summed E-state index contributed by atoms with van der Waals surface area (Å²) in [7, 11) is 0. The average molecular weight is 279 g/mol. The molecule has 0 amide bonds. The van der Waals surface area contributed by atoms with Gasteiger partial charge < -0.3 is 0 Å². The van der Waals surface area contributed by atoms with E-state index in [1.807, 2.05) is 18.2 Å². The molecule has 3 aromatic rings. The van der Waals surface area contributed by atoms with Crippen molar-refractivity contribution in [3.05, 3.63) is 89.7 Å². The highest BCUT2D eigenvalue weighted by molar-refractivity contribution is 6.30. The van der Waals surface area contributed by atoms with Crippen molar-refractivity contribution in [1.29, 1.82) is 0 Å². The van der Waals surface area contributed by atoms with Gasteiger partial charge in [0.1, 0.15) is 5.15 Å². The third kappa shape index (κ3) is 2.33. The average Bonchev–Trinajstić information content (AvgIpc) is 2.50. The summed E-state index contributed by atoms with van der Waals surface area (Å²) in [4.78, 5) is 4.12. The number of aromatic nitrogens is 1. The Hall–Kier alpha value is -2.12. The van der Waals surface area contributed by atoms with Crippen LogP contribution in [0.3, 0.4) is 0 Å². The number of halogens is 1. The topological polar surface area (TPSA) is 12.9 Å². The standard InChI is InChI=1S/C18H13ClN/c1-2-16(17-8-5-11-20-18(17)19)15-10-9-13-6-3-4-7-14(13)12-15/h2-7,9-12,16H,1H2.